The molecule has 5 atom stereocenters. The van der Waals surface area contributed by atoms with Crippen LogP contribution < -0.4 is 10.6 Å². The van der Waals surface area contributed by atoms with Crippen molar-refractivity contribution in [3.05, 3.63) is 84.6 Å². The average Bonchev–Trinajstić information content (AvgIpc) is 2.96. The number of alkyl carbamates (subject to hydrolysis) is 1. The molecule has 216 valence electrons. The number of nitrogens with zero attached hydrogens (tertiary/aromatic N) is 2. The van der Waals surface area contributed by atoms with Gasteiger partial charge in [-0.15, -0.1) is 6.58 Å². The van der Waals surface area contributed by atoms with Crippen LogP contribution >= 0.6 is 0 Å². The zero-order valence-electron chi connectivity index (χ0n) is 24.1. The van der Waals surface area contributed by atoms with Gasteiger partial charge in [0.2, 0.25) is 5.91 Å². The molecule has 1 aromatic heterocycles. The number of pyridine rings is 1. The number of aromatic nitrogens is 1. The van der Waals surface area contributed by atoms with E-state index in [1.54, 1.807) is 20.8 Å². The highest BCUT2D eigenvalue weighted by atomic mass is 16.6. The minimum atomic E-state index is -0.636. The van der Waals surface area contributed by atoms with E-state index in [1.165, 1.54) is 6.42 Å². The van der Waals surface area contributed by atoms with E-state index in [0.717, 1.165) is 41.5 Å². The van der Waals surface area contributed by atoms with Crippen LogP contribution in [-0.4, -0.2) is 53.2 Å². The number of ether oxygens (including phenoxy) is 2. The number of amides is 2. The predicted octanol–water partition coefficient (Wildman–Crippen LogP) is 5.85. The molecule has 0 aliphatic carbocycles. The first-order valence-corrected chi connectivity index (χ1v) is 14.4. The van der Waals surface area contributed by atoms with Crippen molar-refractivity contribution in [3.8, 4) is 0 Å². The average molecular weight is 557 g/mol. The van der Waals surface area contributed by atoms with E-state index in [9.17, 15) is 9.59 Å². The number of nitrogens with one attached hydrogen (secondary N) is 2. The molecule has 4 heterocycles. The zero-order valence-corrected chi connectivity index (χ0v) is 24.1. The van der Waals surface area contributed by atoms with Crippen LogP contribution in [-0.2, 0) is 20.9 Å². The van der Waals surface area contributed by atoms with E-state index in [2.05, 4.69) is 45.3 Å². The molecule has 3 fully saturated rings. The second-order valence-electron chi connectivity index (χ2n) is 12.0. The Labute approximate surface area is 242 Å². The van der Waals surface area contributed by atoms with E-state index in [1.807, 2.05) is 48.7 Å². The number of hydrogen-bond donors (Lipinski definition) is 2. The SMILES string of the molecule is C=CC1CN2CCC1CC2[C@@H](OCc1ccccc1)c1ccnc2ccc(NC(=O)CNC(=O)OC(C)(C)C)cc12. The van der Waals surface area contributed by atoms with Crippen molar-refractivity contribution in [2.75, 3.05) is 25.0 Å². The van der Waals surface area contributed by atoms with Crippen molar-refractivity contribution < 1.29 is 19.1 Å². The standard InChI is InChI=1S/C33H40N4O4/c1-5-23-20-37-16-14-24(23)17-29(37)31(40-21-22-9-7-6-8-10-22)26-13-15-34-28-12-11-25(18-27(26)28)36-30(38)19-35-32(39)41-33(2,3)4/h5-13,15,18,23-24,29,31H,1,14,16-17,19-21H2,2-4H3,(H,35,39)(H,36,38)/t23?,24?,29?,31-/m0/s1. The number of carbonyl (C=O) groups excluding carboxylic acids is 2. The minimum absolute atomic E-state index is 0.172. The lowest BCUT2D eigenvalue weighted by atomic mass is 9.73. The van der Waals surface area contributed by atoms with Gasteiger partial charge in [-0.3, -0.25) is 14.7 Å². The molecular weight excluding hydrogens is 516 g/mol. The molecule has 3 aliphatic rings. The van der Waals surface area contributed by atoms with Crippen LogP contribution in [0.3, 0.4) is 0 Å². The van der Waals surface area contributed by atoms with Gasteiger partial charge in [0.15, 0.2) is 0 Å². The number of benzene rings is 2. The van der Waals surface area contributed by atoms with Crippen molar-refractivity contribution in [2.24, 2.45) is 11.8 Å². The van der Waals surface area contributed by atoms with E-state index in [0.29, 0.717) is 24.1 Å². The monoisotopic (exact) mass is 556 g/mol. The third-order valence-electron chi connectivity index (χ3n) is 7.93. The molecule has 8 heteroatoms. The minimum Gasteiger partial charge on any atom is -0.444 e. The Balaban J connectivity index is 1.39. The van der Waals surface area contributed by atoms with Gasteiger partial charge in [-0.2, -0.15) is 0 Å². The lowest BCUT2D eigenvalue weighted by molar-refractivity contribution is -0.115. The van der Waals surface area contributed by atoms with E-state index in [-0.39, 0.29) is 24.6 Å². The zero-order chi connectivity index (χ0) is 29.0. The maximum Gasteiger partial charge on any atom is 0.408 e. The smallest absolute Gasteiger partial charge is 0.408 e. The highest BCUT2D eigenvalue weighted by molar-refractivity contribution is 5.96. The van der Waals surface area contributed by atoms with Gasteiger partial charge < -0.3 is 20.1 Å². The summed E-state index contributed by atoms with van der Waals surface area (Å²) in [6.07, 6.45) is 5.38. The summed E-state index contributed by atoms with van der Waals surface area (Å²) in [5, 5.41) is 6.34. The summed E-state index contributed by atoms with van der Waals surface area (Å²) in [6, 6.07) is 18.2. The lowest BCUT2D eigenvalue weighted by Gasteiger charge is -2.51. The molecule has 41 heavy (non-hydrogen) atoms. The quantitative estimate of drug-likeness (QED) is 0.321. The van der Waals surface area contributed by atoms with Crippen molar-refractivity contribution in [3.63, 3.8) is 0 Å². The highest BCUT2D eigenvalue weighted by Gasteiger charge is 2.43. The molecule has 2 aromatic carbocycles. The van der Waals surface area contributed by atoms with Crippen LogP contribution in [0, 0.1) is 11.8 Å². The molecule has 0 saturated carbocycles. The third-order valence-corrected chi connectivity index (χ3v) is 7.93. The summed E-state index contributed by atoms with van der Waals surface area (Å²) in [5.74, 6) is 0.773. The van der Waals surface area contributed by atoms with Crippen LogP contribution in [0.2, 0.25) is 0 Å². The largest absolute Gasteiger partial charge is 0.444 e. The second-order valence-corrected chi connectivity index (χ2v) is 12.0. The van der Waals surface area contributed by atoms with Crippen LogP contribution in [0.15, 0.2) is 73.4 Å². The molecular formula is C33H40N4O4. The Morgan fingerprint density at radius 1 is 1.17 bits per heavy atom. The molecule has 0 radical (unpaired) electrons. The van der Waals surface area contributed by atoms with Crippen LogP contribution in [0.5, 0.6) is 0 Å². The molecule has 3 saturated heterocycles. The number of fused-ring (bicyclic) bond motifs is 4. The summed E-state index contributed by atoms with van der Waals surface area (Å²) in [4.78, 5) is 31.8. The molecule has 4 unspecified atom stereocenters. The maximum absolute atomic E-state index is 12.7. The normalized spacial score (nSPS) is 22.6. The van der Waals surface area contributed by atoms with Gasteiger partial charge in [0, 0.05) is 29.9 Å². The fraction of sp³-hybridized carbons (Fsp3) is 0.424. The van der Waals surface area contributed by atoms with Gasteiger partial charge in [0.05, 0.1) is 18.2 Å². The van der Waals surface area contributed by atoms with Crippen LogP contribution in [0.25, 0.3) is 10.9 Å². The number of hydrogen-bond acceptors (Lipinski definition) is 6. The Bertz CT molecular complexity index is 1390. The lowest BCUT2D eigenvalue weighted by Crippen LogP contribution is -2.55. The van der Waals surface area contributed by atoms with E-state index >= 15 is 0 Å². The Morgan fingerprint density at radius 3 is 2.68 bits per heavy atom. The fourth-order valence-corrected chi connectivity index (χ4v) is 6.03. The topological polar surface area (TPSA) is 92.8 Å². The molecule has 0 spiro atoms. The summed E-state index contributed by atoms with van der Waals surface area (Å²) < 4.78 is 12.0. The molecule has 2 N–H and O–H groups in total. The summed E-state index contributed by atoms with van der Waals surface area (Å²) in [6.45, 7) is 11.8. The second kappa shape index (κ2) is 12.4. The molecule has 2 amide bonds. The number of anilines is 1. The van der Waals surface area contributed by atoms with Gasteiger partial charge in [0.25, 0.3) is 0 Å². The first-order valence-electron chi connectivity index (χ1n) is 14.4. The van der Waals surface area contributed by atoms with Gasteiger partial charge in [-0.25, -0.2) is 4.79 Å². The number of piperidine rings is 3. The van der Waals surface area contributed by atoms with Gasteiger partial charge in [0.1, 0.15) is 12.1 Å². The van der Waals surface area contributed by atoms with Crippen molar-refractivity contribution in [2.45, 2.75) is 58.0 Å². The maximum atomic E-state index is 12.7. The van der Waals surface area contributed by atoms with Crippen molar-refractivity contribution in [1.82, 2.24) is 15.2 Å². The third kappa shape index (κ3) is 7.13. The fourth-order valence-electron chi connectivity index (χ4n) is 6.03. The molecule has 6 rings (SSSR count). The summed E-state index contributed by atoms with van der Waals surface area (Å²) in [5.41, 5.74) is 3.01. The Hall–Kier alpha value is -3.75. The molecule has 3 aromatic rings. The first-order chi connectivity index (χ1) is 19.7. The van der Waals surface area contributed by atoms with Crippen LogP contribution in [0.1, 0.15) is 50.8 Å². The van der Waals surface area contributed by atoms with Crippen molar-refractivity contribution >= 4 is 28.6 Å². The van der Waals surface area contributed by atoms with E-state index in [4.69, 9.17) is 9.47 Å². The highest BCUT2D eigenvalue weighted by Crippen LogP contribution is 2.43. The van der Waals surface area contributed by atoms with Gasteiger partial charge in [-0.1, -0.05) is 36.4 Å². The Kier molecular flexibility index (Phi) is 8.71. The van der Waals surface area contributed by atoms with E-state index < -0.39 is 11.7 Å². The number of rotatable bonds is 9. The summed E-state index contributed by atoms with van der Waals surface area (Å²) >= 11 is 0. The van der Waals surface area contributed by atoms with Gasteiger partial charge >= 0.3 is 6.09 Å². The van der Waals surface area contributed by atoms with Crippen molar-refractivity contribution in [1.29, 1.82) is 0 Å². The molecule has 2 bridgehead atoms. The Morgan fingerprint density at radius 2 is 1.98 bits per heavy atom. The molecule has 8 nitrogen and oxygen atoms in total. The van der Waals surface area contributed by atoms with Gasteiger partial charge in [-0.05, 0) is 87.4 Å². The number of carbonyl (C=O) groups is 2. The molecule has 3 aliphatic heterocycles. The van der Waals surface area contributed by atoms with Crippen LogP contribution in [0.4, 0.5) is 10.5 Å². The first kappa shape index (κ1) is 28.8. The summed E-state index contributed by atoms with van der Waals surface area (Å²) in [7, 11) is 0. The predicted molar refractivity (Wildman–Crippen MR) is 160 cm³/mol.